The molecule has 88 valence electrons. The molecule has 0 bridgehead atoms. The Bertz CT molecular complexity index is 371. The van der Waals surface area contributed by atoms with Crippen LogP contribution in [0.3, 0.4) is 0 Å². The fourth-order valence-electron chi connectivity index (χ4n) is 4.00. The molecule has 2 unspecified atom stereocenters. The van der Waals surface area contributed by atoms with Crippen LogP contribution in [0.2, 0.25) is 0 Å². The zero-order valence-electron chi connectivity index (χ0n) is 10.4. The summed E-state index contributed by atoms with van der Waals surface area (Å²) >= 11 is 0. The third-order valence-electron chi connectivity index (χ3n) is 4.73. The van der Waals surface area contributed by atoms with Crippen molar-refractivity contribution in [2.75, 3.05) is 6.54 Å². The van der Waals surface area contributed by atoms with Gasteiger partial charge in [0.15, 0.2) is 0 Å². The van der Waals surface area contributed by atoms with E-state index in [0.717, 1.165) is 13.0 Å². The molecular weight excluding hydrogens is 198 g/mol. The monoisotopic (exact) mass is 219 g/mol. The number of allylic oxidation sites excluding steroid dienone is 2. The number of amides is 1. The first-order valence-electron chi connectivity index (χ1n) is 6.66. The number of carbonyl (C=O) groups excluding carboxylic acids is 1. The number of carbonyl (C=O) groups is 1. The van der Waals surface area contributed by atoms with Crippen molar-refractivity contribution in [1.82, 2.24) is 4.90 Å². The Morgan fingerprint density at radius 3 is 2.88 bits per heavy atom. The molecule has 0 saturated carbocycles. The van der Waals surface area contributed by atoms with Crippen LogP contribution in [-0.2, 0) is 4.79 Å². The summed E-state index contributed by atoms with van der Waals surface area (Å²) in [6.07, 6.45) is 7.34. The molecule has 16 heavy (non-hydrogen) atoms. The van der Waals surface area contributed by atoms with Gasteiger partial charge in [0.2, 0.25) is 5.91 Å². The van der Waals surface area contributed by atoms with E-state index < -0.39 is 0 Å². The lowest BCUT2D eigenvalue weighted by molar-refractivity contribution is -0.136. The van der Waals surface area contributed by atoms with Gasteiger partial charge >= 0.3 is 0 Å². The molecule has 1 saturated heterocycles. The van der Waals surface area contributed by atoms with Gasteiger partial charge in [-0.3, -0.25) is 4.79 Å². The minimum atomic E-state index is 0.221. The molecule has 0 aromatic carbocycles. The van der Waals surface area contributed by atoms with E-state index in [4.69, 9.17) is 0 Å². The Morgan fingerprint density at radius 2 is 2.06 bits per heavy atom. The van der Waals surface area contributed by atoms with E-state index in [9.17, 15) is 4.79 Å². The molecular formula is C14H21NO. The highest BCUT2D eigenvalue weighted by atomic mass is 16.2. The Balaban J connectivity index is 2.10. The topological polar surface area (TPSA) is 20.3 Å². The SMILES string of the molecule is CC1CC2=C3N(CCCC3(C)CCC2)C1=O. The average Bonchev–Trinajstić information content (AvgIpc) is 2.25. The molecule has 2 heteroatoms. The normalized spacial score (nSPS) is 38.8. The van der Waals surface area contributed by atoms with Crippen molar-refractivity contribution < 1.29 is 4.79 Å². The zero-order chi connectivity index (χ0) is 11.3. The molecule has 1 fully saturated rings. The first-order chi connectivity index (χ1) is 7.62. The minimum Gasteiger partial charge on any atom is -0.315 e. The summed E-state index contributed by atoms with van der Waals surface area (Å²) in [4.78, 5) is 14.4. The smallest absolute Gasteiger partial charge is 0.229 e. The van der Waals surface area contributed by atoms with E-state index in [1.807, 2.05) is 0 Å². The van der Waals surface area contributed by atoms with Gasteiger partial charge in [-0.15, -0.1) is 0 Å². The highest BCUT2D eigenvalue weighted by molar-refractivity contribution is 5.82. The lowest BCUT2D eigenvalue weighted by Crippen LogP contribution is -2.49. The van der Waals surface area contributed by atoms with E-state index in [-0.39, 0.29) is 5.92 Å². The molecule has 2 heterocycles. The van der Waals surface area contributed by atoms with Gasteiger partial charge < -0.3 is 4.90 Å². The molecule has 1 amide bonds. The van der Waals surface area contributed by atoms with Crippen molar-refractivity contribution in [3.8, 4) is 0 Å². The molecule has 3 aliphatic rings. The highest BCUT2D eigenvalue weighted by Crippen LogP contribution is 2.51. The van der Waals surface area contributed by atoms with E-state index >= 15 is 0 Å². The van der Waals surface area contributed by atoms with Crippen molar-refractivity contribution in [1.29, 1.82) is 0 Å². The first kappa shape index (κ1) is 10.4. The second-order valence-electron chi connectivity index (χ2n) is 6.06. The number of rotatable bonds is 0. The van der Waals surface area contributed by atoms with Crippen molar-refractivity contribution >= 4 is 5.91 Å². The molecule has 0 aromatic heterocycles. The first-order valence-corrected chi connectivity index (χ1v) is 6.66. The highest BCUT2D eigenvalue weighted by Gasteiger charge is 2.45. The van der Waals surface area contributed by atoms with Crippen LogP contribution < -0.4 is 0 Å². The van der Waals surface area contributed by atoms with Crippen LogP contribution in [0, 0.1) is 11.3 Å². The van der Waals surface area contributed by atoms with Crippen molar-refractivity contribution in [2.24, 2.45) is 11.3 Å². The second kappa shape index (κ2) is 3.35. The quantitative estimate of drug-likeness (QED) is 0.613. The Hall–Kier alpha value is -0.790. The predicted molar refractivity (Wildman–Crippen MR) is 63.7 cm³/mol. The molecule has 0 spiro atoms. The Morgan fingerprint density at radius 1 is 1.31 bits per heavy atom. The van der Waals surface area contributed by atoms with Crippen molar-refractivity contribution in [2.45, 2.75) is 52.4 Å². The van der Waals surface area contributed by atoms with Crippen LogP contribution >= 0.6 is 0 Å². The van der Waals surface area contributed by atoms with Gasteiger partial charge in [0.1, 0.15) is 0 Å². The van der Waals surface area contributed by atoms with Gasteiger partial charge in [0.05, 0.1) is 0 Å². The van der Waals surface area contributed by atoms with Crippen LogP contribution in [0.15, 0.2) is 11.3 Å². The molecule has 2 atom stereocenters. The van der Waals surface area contributed by atoms with Crippen molar-refractivity contribution in [3.05, 3.63) is 11.3 Å². The minimum absolute atomic E-state index is 0.221. The summed E-state index contributed by atoms with van der Waals surface area (Å²) in [5.41, 5.74) is 3.36. The lowest BCUT2D eigenvalue weighted by Gasteiger charge is -2.50. The van der Waals surface area contributed by atoms with Gasteiger partial charge in [-0.25, -0.2) is 0 Å². The summed E-state index contributed by atoms with van der Waals surface area (Å²) in [5, 5.41) is 0. The third kappa shape index (κ3) is 1.28. The fourth-order valence-corrected chi connectivity index (χ4v) is 4.00. The van der Waals surface area contributed by atoms with Crippen LogP contribution in [0.25, 0.3) is 0 Å². The van der Waals surface area contributed by atoms with E-state index in [0.29, 0.717) is 11.3 Å². The maximum absolute atomic E-state index is 12.2. The maximum Gasteiger partial charge on any atom is 0.229 e. The predicted octanol–water partition coefficient (Wildman–Crippen LogP) is 3.09. The summed E-state index contributed by atoms with van der Waals surface area (Å²) < 4.78 is 0. The standard InChI is InChI=1S/C14H21NO/c1-10-9-11-5-3-6-14(2)7-4-8-15(12(11)14)13(10)16/h10H,3-9H2,1-2H3. The molecule has 0 aromatic rings. The van der Waals surface area contributed by atoms with E-state index in [1.54, 1.807) is 5.57 Å². The molecule has 3 rings (SSSR count). The third-order valence-corrected chi connectivity index (χ3v) is 4.73. The lowest BCUT2D eigenvalue weighted by atomic mass is 9.66. The van der Waals surface area contributed by atoms with Gasteiger partial charge in [-0.1, -0.05) is 13.8 Å². The van der Waals surface area contributed by atoms with Gasteiger partial charge in [0, 0.05) is 23.6 Å². The van der Waals surface area contributed by atoms with Crippen LogP contribution in [0.1, 0.15) is 52.4 Å². The van der Waals surface area contributed by atoms with Gasteiger partial charge in [0.25, 0.3) is 0 Å². The Labute approximate surface area is 97.7 Å². The number of nitrogens with zero attached hydrogens (tertiary/aromatic N) is 1. The molecule has 0 radical (unpaired) electrons. The molecule has 0 N–H and O–H groups in total. The second-order valence-corrected chi connectivity index (χ2v) is 6.06. The van der Waals surface area contributed by atoms with Crippen LogP contribution in [-0.4, -0.2) is 17.4 Å². The maximum atomic E-state index is 12.2. The summed E-state index contributed by atoms with van der Waals surface area (Å²) in [7, 11) is 0. The number of hydrogen-bond donors (Lipinski definition) is 0. The van der Waals surface area contributed by atoms with E-state index in [2.05, 4.69) is 18.7 Å². The molecule has 2 aliphatic heterocycles. The summed E-state index contributed by atoms with van der Waals surface area (Å²) in [5.74, 6) is 0.603. The summed E-state index contributed by atoms with van der Waals surface area (Å²) in [6.45, 7) is 5.43. The Kier molecular flexibility index (Phi) is 2.17. The molecule has 1 aliphatic carbocycles. The van der Waals surface area contributed by atoms with Crippen molar-refractivity contribution in [3.63, 3.8) is 0 Å². The largest absolute Gasteiger partial charge is 0.315 e. The van der Waals surface area contributed by atoms with Crippen LogP contribution in [0.4, 0.5) is 0 Å². The number of hydrogen-bond acceptors (Lipinski definition) is 1. The zero-order valence-corrected chi connectivity index (χ0v) is 10.4. The van der Waals surface area contributed by atoms with Gasteiger partial charge in [-0.2, -0.15) is 0 Å². The average molecular weight is 219 g/mol. The van der Waals surface area contributed by atoms with Gasteiger partial charge in [-0.05, 0) is 44.1 Å². The summed E-state index contributed by atoms with van der Waals surface area (Å²) in [6, 6.07) is 0. The number of piperidine rings is 1. The fraction of sp³-hybridized carbons (Fsp3) is 0.786. The van der Waals surface area contributed by atoms with Crippen LogP contribution in [0.5, 0.6) is 0 Å². The molecule has 2 nitrogen and oxygen atoms in total. The van der Waals surface area contributed by atoms with E-state index in [1.165, 1.54) is 37.8 Å².